The first-order valence-corrected chi connectivity index (χ1v) is 31.1. The topological polar surface area (TPSA) is 94.1 Å². The van der Waals surface area contributed by atoms with Crippen LogP contribution in [0.3, 0.4) is 0 Å². The van der Waals surface area contributed by atoms with Gasteiger partial charge in [0.15, 0.2) is 0 Å². The quantitative estimate of drug-likeness (QED) is 0.0197. The second-order valence-corrected chi connectivity index (χ2v) is 22.0. The molecule has 0 saturated heterocycles. The maximum absolute atomic E-state index is 12.8. The van der Waals surface area contributed by atoms with Crippen LogP contribution in [0.25, 0.3) is 0 Å². The third kappa shape index (κ3) is 59.9. The van der Waals surface area contributed by atoms with Crippen LogP contribution < -0.4 is 4.89 Å². The summed E-state index contributed by atoms with van der Waals surface area (Å²) in [5, 5.41) is 0. The number of quaternary nitrogens is 1. The number of hydrogen-bond donors (Lipinski definition) is 0. The predicted octanol–water partition coefficient (Wildman–Crippen LogP) is 18.4. The van der Waals surface area contributed by atoms with Crippen LogP contribution in [-0.2, 0) is 27.9 Å². The van der Waals surface area contributed by atoms with Crippen molar-refractivity contribution < 1.29 is 37.3 Å². The number of rotatable bonds is 54. The van der Waals surface area contributed by atoms with Crippen molar-refractivity contribution in [3.63, 3.8) is 0 Å². The highest BCUT2D eigenvalue weighted by atomic mass is 31.2. The number of phosphoric ester groups is 1. The summed E-state index contributed by atoms with van der Waals surface area (Å²) in [6.45, 7) is 5.22. The minimum Gasteiger partial charge on any atom is -0.756 e. The van der Waals surface area contributed by atoms with Gasteiger partial charge in [0, 0.05) is 13.0 Å². The lowest BCUT2D eigenvalue weighted by Gasteiger charge is -2.28. The Kier molecular flexibility index (Phi) is 53.2. The molecule has 0 aromatic rings. The molecule has 420 valence electrons. The van der Waals surface area contributed by atoms with Gasteiger partial charge in [0.05, 0.1) is 34.4 Å². The highest BCUT2D eigenvalue weighted by molar-refractivity contribution is 7.45. The van der Waals surface area contributed by atoms with Gasteiger partial charge < -0.3 is 27.9 Å². The van der Waals surface area contributed by atoms with Crippen LogP contribution in [-0.4, -0.2) is 70.7 Å². The Balaban J connectivity index is 4.16. The average Bonchev–Trinajstić information content (AvgIpc) is 3.35. The highest BCUT2D eigenvalue weighted by Crippen LogP contribution is 2.38. The van der Waals surface area contributed by atoms with Gasteiger partial charge in [0.2, 0.25) is 0 Å². The van der Waals surface area contributed by atoms with Gasteiger partial charge >= 0.3 is 5.97 Å². The van der Waals surface area contributed by atoms with Crippen molar-refractivity contribution in [1.29, 1.82) is 0 Å². The first kappa shape index (κ1) is 70.2. The van der Waals surface area contributed by atoms with Gasteiger partial charge in [-0.3, -0.25) is 9.36 Å². The van der Waals surface area contributed by atoms with E-state index in [4.69, 9.17) is 18.5 Å². The van der Waals surface area contributed by atoms with Crippen LogP contribution in [0, 0.1) is 0 Å². The van der Waals surface area contributed by atoms with Gasteiger partial charge in [0.1, 0.15) is 19.3 Å². The summed E-state index contributed by atoms with van der Waals surface area (Å²) in [6.07, 6.45) is 78.5. The standard InChI is InChI=1S/C64H112NO7P/c1-6-8-10-12-14-16-18-20-22-24-26-28-30-32-34-36-38-40-42-44-46-48-50-52-54-56-59-69-61-63(62-71-73(67,68)70-60-58-65(3,4)5)72-64(66)57-55-53-51-49-47-45-43-41-39-37-35-33-31-29-27-25-23-21-19-17-15-13-11-9-7-2/h8,10,14,16,19-22,25-28,32,34,38,40,44,46,63H,6-7,9,11-13,15,17-18,23-24,29-31,33,35-37,39,41-43,45,47-62H2,1-5H3/b10-8-,16-14-,21-19-,22-20-,27-25-,28-26-,34-32-,40-38-,46-44-. The molecule has 0 amide bonds. The van der Waals surface area contributed by atoms with E-state index in [0.717, 1.165) is 103 Å². The number of esters is 1. The van der Waals surface area contributed by atoms with E-state index < -0.39 is 13.9 Å². The fraction of sp³-hybridized carbons (Fsp3) is 0.703. The fourth-order valence-electron chi connectivity index (χ4n) is 7.79. The number of likely N-dealkylation sites (N-methyl/N-ethyl adjacent to an activating group) is 1. The summed E-state index contributed by atoms with van der Waals surface area (Å²) in [6, 6.07) is 0. The van der Waals surface area contributed by atoms with Gasteiger partial charge in [0.25, 0.3) is 7.82 Å². The van der Waals surface area contributed by atoms with E-state index >= 15 is 0 Å². The molecule has 8 nitrogen and oxygen atoms in total. The zero-order valence-electron chi connectivity index (χ0n) is 47.8. The van der Waals surface area contributed by atoms with E-state index in [1.807, 2.05) is 21.1 Å². The molecule has 0 N–H and O–H groups in total. The molecule has 0 aliphatic heterocycles. The third-order valence-electron chi connectivity index (χ3n) is 12.3. The molecule has 9 heteroatoms. The molecule has 0 radical (unpaired) electrons. The molecule has 0 heterocycles. The minimum atomic E-state index is -4.55. The van der Waals surface area contributed by atoms with Crippen LogP contribution in [0.1, 0.15) is 232 Å². The molecule has 0 bridgehead atoms. The molecule has 0 aromatic carbocycles. The molecule has 0 rings (SSSR count). The van der Waals surface area contributed by atoms with Gasteiger partial charge in [-0.15, -0.1) is 0 Å². The van der Waals surface area contributed by atoms with Crippen LogP contribution >= 0.6 is 7.82 Å². The smallest absolute Gasteiger partial charge is 0.306 e. The molecule has 0 spiro atoms. The number of hydrogen-bond acceptors (Lipinski definition) is 7. The second kappa shape index (κ2) is 55.4. The van der Waals surface area contributed by atoms with Gasteiger partial charge in [-0.25, -0.2) is 0 Å². The monoisotopic (exact) mass is 1040 g/mol. The Morgan fingerprint density at radius 3 is 1.19 bits per heavy atom. The summed E-state index contributed by atoms with van der Waals surface area (Å²) in [5.41, 5.74) is 0. The lowest BCUT2D eigenvalue weighted by Crippen LogP contribution is -2.37. The number of ether oxygens (including phenoxy) is 2. The molecule has 0 aliphatic rings. The SMILES string of the molecule is CC/C=C\C/C=C\C/C=C\C/C=C\C/C=C\C/C=C\C/C=C\CCCCCCOCC(COP(=O)([O-])OCC[N+](C)(C)C)OC(=O)CCCCCCCCCCCCCCC/C=C\C/C=C\CCCCCCC. The number of carbonyl (C=O) groups excluding carboxylic acids is 1. The number of allylic oxidation sites excluding steroid dienone is 18. The zero-order chi connectivity index (χ0) is 53.3. The molecular formula is C64H112NO7P. The molecule has 2 atom stereocenters. The summed E-state index contributed by atoms with van der Waals surface area (Å²) in [5.74, 6) is -0.347. The molecule has 2 unspecified atom stereocenters. The van der Waals surface area contributed by atoms with Crippen LogP contribution in [0.5, 0.6) is 0 Å². The number of carbonyl (C=O) groups is 1. The number of nitrogens with zero attached hydrogens (tertiary/aromatic N) is 1. The van der Waals surface area contributed by atoms with Crippen LogP contribution in [0.2, 0.25) is 0 Å². The van der Waals surface area contributed by atoms with Crippen molar-refractivity contribution in [1.82, 2.24) is 0 Å². The average molecular weight is 1040 g/mol. The normalized spacial score (nSPS) is 14.2. The molecule has 0 aliphatic carbocycles. The minimum absolute atomic E-state index is 0.0150. The fourth-order valence-corrected chi connectivity index (χ4v) is 8.52. The lowest BCUT2D eigenvalue weighted by atomic mass is 10.0. The van der Waals surface area contributed by atoms with E-state index in [0.29, 0.717) is 24.1 Å². The maximum Gasteiger partial charge on any atom is 0.306 e. The maximum atomic E-state index is 12.8. The molecule has 0 fully saturated rings. The van der Waals surface area contributed by atoms with Crippen molar-refractivity contribution in [3.8, 4) is 0 Å². The Morgan fingerprint density at radius 1 is 0.438 bits per heavy atom. The van der Waals surface area contributed by atoms with Crippen molar-refractivity contribution >= 4 is 13.8 Å². The largest absolute Gasteiger partial charge is 0.756 e. The van der Waals surface area contributed by atoms with E-state index in [1.165, 1.54) is 109 Å². The summed E-state index contributed by atoms with van der Waals surface area (Å²) >= 11 is 0. The van der Waals surface area contributed by atoms with Crippen molar-refractivity contribution in [3.05, 3.63) is 109 Å². The van der Waals surface area contributed by atoms with E-state index in [1.54, 1.807) is 0 Å². The Bertz CT molecular complexity index is 1530. The van der Waals surface area contributed by atoms with E-state index in [2.05, 4.69) is 123 Å². The summed E-state index contributed by atoms with van der Waals surface area (Å²) in [4.78, 5) is 25.3. The first-order valence-electron chi connectivity index (χ1n) is 29.6. The van der Waals surface area contributed by atoms with E-state index in [9.17, 15) is 14.3 Å². The highest BCUT2D eigenvalue weighted by Gasteiger charge is 2.20. The molecule has 0 aromatic heterocycles. The van der Waals surface area contributed by atoms with Gasteiger partial charge in [-0.05, 0) is 103 Å². The summed E-state index contributed by atoms with van der Waals surface area (Å²) < 4.78 is 34.8. The lowest BCUT2D eigenvalue weighted by molar-refractivity contribution is -0.870. The Morgan fingerprint density at radius 2 is 0.795 bits per heavy atom. The number of phosphoric acid groups is 1. The second-order valence-electron chi connectivity index (χ2n) is 20.6. The van der Waals surface area contributed by atoms with Crippen LogP contribution in [0.15, 0.2) is 109 Å². The Labute approximate surface area is 450 Å². The van der Waals surface area contributed by atoms with Gasteiger partial charge in [-0.1, -0.05) is 232 Å². The van der Waals surface area contributed by atoms with Gasteiger partial charge in [-0.2, -0.15) is 0 Å². The van der Waals surface area contributed by atoms with Crippen molar-refractivity contribution in [2.45, 2.75) is 238 Å². The van der Waals surface area contributed by atoms with Crippen molar-refractivity contribution in [2.75, 3.05) is 54.1 Å². The predicted molar refractivity (Wildman–Crippen MR) is 314 cm³/mol. The van der Waals surface area contributed by atoms with Crippen molar-refractivity contribution in [2.24, 2.45) is 0 Å². The zero-order valence-corrected chi connectivity index (χ0v) is 48.7. The summed E-state index contributed by atoms with van der Waals surface area (Å²) in [7, 11) is 1.33. The molecular weight excluding hydrogens is 926 g/mol. The van der Waals surface area contributed by atoms with E-state index in [-0.39, 0.29) is 25.8 Å². The number of unbranched alkanes of at least 4 members (excludes halogenated alkanes) is 22. The molecule has 73 heavy (non-hydrogen) atoms. The first-order chi connectivity index (χ1) is 35.6. The third-order valence-corrected chi connectivity index (χ3v) is 13.3. The van der Waals surface area contributed by atoms with Crippen LogP contribution in [0.4, 0.5) is 0 Å². The Hall–Kier alpha value is -2.84. The molecule has 0 saturated carbocycles.